The Bertz CT molecular complexity index is 941. The number of anilines is 1. The van der Waals surface area contributed by atoms with Crippen molar-refractivity contribution in [2.45, 2.75) is 11.8 Å². The van der Waals surface area contributed by atoms with Crippen LogP contribution in [0.25, 0.3) is 0 Å². The summed E-state index contributed by atoms with van der Waals surface area (Å²) in [6.45, 7) is 1.70. The lowest BCUT2D eigenvalue weighted by Gasteiger charge is -2.10. The number of nitro groups is 1. The van der Waals surface area contributed by atoms with Crippen molar-refractivity contribution in [1.29, 1.82) is 0 Å². The average Bonchev–Trinajstić information content (AvgIpc) is 2.50. The molecule has 2 aromatic rings. The zero-order chi connectivity index (χ0) is 18.1. The fraction of sp³-hybridized carbons (Fsp3) is 0.133. The highest BCUT2D eigenvalue weighted by Crippen LogP contribution is 2.25. The van der Waals surface area contributed by atoms with Gasteiger partial charge in [0.1, 0.15) is 0 Å². The molecule has 9 heteroatoms. The van der Waals surface area contributed by atoms with Gasteiger partial charge in [-0.25, -0.2) is 8.42 Å². The monoisotopic (exact) mass is 368 g/mol. The van der Waals surface area contributed by atoms with Crippen LogP contribution in [0.15, 0.2) is 41.3 Å². The number of hydrogen-bond acceptors (Lipinski definition) is 5. The fourth-order valence-electron chi connectivity index (χ4n) is 1.97. The normalized spacial score (nSPS) is 11.1. The van der Waals surface area contributed by atoms with Gasteiger partial charge in [0.25, 0.3) is 11.6 Å². The molecule has 0 radical (unpaired) electrons. The molecule has 7 nitrogen and oxygen atoms in total. The van der Waals surface area contributed by atoms with Crippen LogP contribution in [-0.2, 0) is 9.84 Å². The van der Waals surface area contributed by atoms with Crippen LogP contribution in [0.2, 0.25) is 5.02 Å². The molecule has 0 spiro atoms. The van der Waals surface area contributed by atoms with Gasteiger partial charge in [0, 0.05) is 34.7 Å². The molecular formula is C15H13ClN2O5S. The van der Waals surface area contributed by atoms with Crippen molar-refractivity contribution in [3.05, 3.63) is 62.7 Å². The highest BCUT2D eigenvalue weighted by molar-refractivity contribution is 7.90. The molecule has 0 aromatic heterocycles. The molecule has 0 saturated carbocycles. The molecular weight excluding hydrogens is 356 g/mol. The smallest absolute Gasteiger partial charge is 0.271 e. The van der Waals surface area contributed by atoms with Gasteiger partial charge in [0.15, 0.2) is 9.84 Å². The topological polar surface area (TPSA) is 106 Å². The summed E-state index contributed by atoms with van der Waals surface area (Å²) in [6.07, 6.45) is 0.912. The van der Waals surface area contributed by atoms with Gasteiger partial charge in [-0.2, -0.15) is 0 Å². The summed E-state index contributed by atoms with van der Waals surface area (Å²) < 4.78 is 23.3. The molecule has 0 aliphatic rings. The summed E-state index contributed by atoms with van der Waals surface area (Å²) in [7, 11) is -3.71. The average molecular weight is 369 g/mol. The Balaban J connectivity index is 2.47. The largest absolute Gasteiger partial charge is 0.322 e. The lowest BCUT2D eigenvalue weighted by atomic mass is 10.1. The van der Waals surface area contributed by atoms with E-state index in [4.69, 9.17) is 11.6 Å². The van der Waals surface area contributed by atoms with Gasteiger partial charge >= 0.3 is 0 Å². The van der Waals surface area contributed by atoms with E-state index in [2.05, 4.69) is 5.32 Å². The van der Waals surface area contributed by atoms with Crippen LogP contribution < -0.4 is 5.32 Å². The number of sulfone groups is 1. The molecule has 2 aromatic carbocycles. The molecule has 2 rings (SSSR count). The number of nitro benzene ring substituents is 1. The maximum Gasteiger partial charge on any atom is 0.271 e. The molecule has 0 fully saturated rings. The van der Waals surface area contributed by atoms with Crippen molar-refractivity contribution in [1.82, 2.24) is 0 Å². The molecule has 0 aliphatic carbocycles. The maximum absolute atomic E-state index is 12.4. The molecule has 0 atom stereocenters. The number of nitrogens with zero attached hydrogens (tertiary/aromatic N) is 1. The molecule has 24 heavy (non-hydrogen) atoms. The molecule has 0 unspecified atom stereocenters. The van der Waals surface area contributed by atoms with Crippen molar-refractivity contribution >= 4 is 38.7 Å². The summed E-state index contributed by atoms with van der Waals surface area (Å²) in [5, 5.41) is 14.0. The van der Waals surface area contributed by atoms with Crippen LogP contribution in [0.5, 0.6) is 0 Å². The van der Waals surface area contributed by atoms with Crippen molar-refractivity contribution in [3.8, 4) is 0 Å². The van der Waals surface area contributed by atoms with Gasteiger partial charge in [0.05, 0.1) is 9.82 Å². The third-order valence-corrected chi connectivity index (χ3v) is 4.81. The van der Waals surface area contributed by atoms with Crippen LogP contribution in [0.4, 0.5) is 11.4 Å². The SMILES string of the molecule is Cc1c(Cl)cccc1NC(=O)c1cc([N+](=O)[O-])cc(S(C)(=O)=O)c1. The molecule has 0 heterocycles. The molecule has 0 aliphatic heterocycles. The van der Waals surface area contributed by atoms with Crippen molar-refractivity contribution < 1.29 is 18.1 Å². The number of benzene rings is 2. The second-order valence-corrected chi connectivity index (χ2v) is 7.53. The van der Waals surface area contributed by atoms with E-state index in [1.165, 1.54) is 0 Å². The fourth-order valence-corrected chi connectivity index (χ4v) is 2.82. The Morgan fingerprint density at radius 3 is 2.50 bits per heavy atom. The Morgan fingerprint density at radius 2 is 1.92 bits per heavy atom. The maximum atomic E-state index is 12.4. The number of hydrogen-bond donors (Lipinski definition) is 1. The quantitative estimate of drug-likeness (QED) is 0.658. The van der Waals surface area contributed by atoms with E-state index >= 15 is 0 Å². The number of carbonyl (C=O) groups excluding carboxylic acids is 1. The van der Waals surface area contributed by atoms with E-state index in [9.17, 15) is 23.3 Å². The Labute approximate surface area is 143 Å². The van der Waals surface area contributed by atoms with E-state index in [1.807, 2.05) is 0 Å². The zero-order valence-electron chi connectivity index (χ0n) is 12.7. The van der Waals surface area contributed by atoms with E-state index in [-0.39, 0.29) is 10.5 Å². The molecule has 0 saturated heterocycles. The summed E-state index contributed by atoms with van der Waals surface area (Å²) in [4.78, 5) is 22.3. The van der Waals surface area contributed by atoms with Gasteiger partial charge < -0.3 is 5.32 Å². The summed E-state index contributed by atoms with van der Waals surface area (Å²) in [5.74, 6) is -0.672. The van der Waals surface area contributed by atoms with Crippen LogP contribution in [0.1, 0.15) is 15.9 Å². The van der Waals surface area contributed by atoms with Gasteiger partial charge in [-0.15, -0.1) is 0 Å². The van der Waals surface area contributed by atoms with Gasteiger partial charge in [-0.3, -0.25) is 14.9 Å². The van der Waals surface area contributed by atoms with E-state index < -0.39 is 26.4 Å². The summed E-state index contributed by atoms with van der Waals surface area (Å²) >= 11 is 5.98. The lowest BCUT2D eigenvalue weighted by Crippen LogP contribution is -2.14. The third kappa shape index (κ3) is 3.90. The highest BCUT2D eigenvalue weighted by Gasteiger charge is 2.19. The number of rotatable bonds is 4. The summed E-state index contributed by atoms with van der Waals surface area (Å²) in [5.41, 5.74) is 0.441. The van der Waals surface area contributed by atoms with Crippen molar-refractivity contribution in [2.24, 2.45) is 0 Å². The zero-order valence-corrected chi connectivity index (χ0v) is 14.3. The van der Waals surface area contributed by atoms with E-state index in [0.717, 1.165) is 24.5 Å². The van der Waals surface area contributed by atoms with Gasteiger partial charge in [-0.1, -0.05) is 17.7 Å². The minimum absolute atomic E-state index is 0.135. The van der Waals surface area contributed by atoms with Gasteiger partial charge in [0.2, 0.25) is 0 Å². The molecule has 126 valence electrons. The Hall–Kier alpha value is -2.45. The van der Waals surface area contributed by atoms with Crippen LogP contribution in [-0.4, -0.2) is 25.5 Å². The first-order chi connectivity index (χ1) is 11.1. The molecule has 0 bridgehead atoms. The minimum atomic E-state index is -3.71. The van der Waals surface area contributed by atoms with E-state index in [1.54, 1.807) is 25.1 Å². The third-order valence-electron chi connectivity index (χ3n) is 3.31. The van der Waals surface area contributed by atoms with Gasteiger partial charge in [-0.05, 0) is 30.7 Å². The lowest BCUT2D eigenvalue weighted by molar-refractivity contribution is -0.385. The standard InChI is InChI=1S/C15H13ClN2O5S/c1-9-13(16)4-3-5-14(9)17-15(19)10-6-11(18(20)21)8-12(7-10)24(2,22)23/h3-8H,1-2H3,(H,17,19). The highest BCUT2D eigenvalue weighted by atomic mass is 35.5. The first-order valence-electron chi connectivity index (χ1n) is 6.65. The number of non-ortho nitro benzene ring substituents is 1. The Morgan fingerprint density at radius 1 is 1.25 bits per heavy atom. The molecule has 1 amide bonds. The predicted octanol–water partition coefficient (Wildman–Crippen LogP) is 3.21. The summed E-state index contributed by atoms with van der Waals surface area (Å²) in [6, 6.07) is 7.94. The first kappa shape index (κ1) is 17.9. The number of carbonyl (C=O) groups is 1. The van der Waals surface area contributed by atoms with Crippen LogP contribution >= 0.6 is 11.6 Å². The van der Waals surface area contributed by atoms with Crippen molar-refractivity contribution in [2.75, 3.05) is 11.6 Å². The number of halogens is 1. The van der Waals surface area contributed by atoms with Crippen molar-refractivity contribution in [3.63, 3.8) is 0 Å². The minimum Gasteiger partial charge on any atom is -0.322 e. The van der Waals surface area contributed by atoms with Crippen LogP contribution in [0, 0.1) is 17.0 Å². The number of amides is 1. The number of nitrogens with one attached hydrogen (secondary N) is 1. The second kappa shape index (κ2) is 6.58. The predicted molar refractivity (Wildman–Crippen MR) is 90.3 cm³/mol. The molecule has 1 N–H and O–H groups in total. The van der Waals surface area contributed by atoms with E-state index in [0.29, 0.717) is 16.3 Å². The van der Waals surface area contributed by atoms with Crippen LogP contribution in [0.3, 0.4) is 0 Å². The Kier molecular flexibility index (Phi) is 4.91. The first-order valence-corrected chi connectivity index (χ1v) is 8.92. The second-order valence-electron chi connectivity index (χ2n) is 5.11.